The summed E-state index contributed by atoms with van der Waals surface area (Å²) in [5, 5.41) is 17.2. The summed E-state index contributed by atoms with van der Waals surface area (Å²) in [7, 11) is -1.83. The van der Waals surface area contributed by atoms with Gasteiger partial charge in [-0.1, -0.05) is 6.58 Å². The van der Waals surface area contributed by atoms with Crippen LogP contribution in [-0.2, 0) is 0 Å². The molecule has 0 bridgehead atoms. The smallest absolute Gasteiger partial charge is 0.510 e. The van der Waals surface area contributed by atoms with Crippen molar-refractivity contribution in [2.24, 2.45) is 0 Å². The van der Waals surface area contributed by atoms with Crippen molar-refractivity contribution < 1.29 is 14.7 Å². The Hall–Kier alpha value is -1.33. The number of hydrogen-bond donors (Lipinski definition) is 2. The molecule has 0 unspecified atom stereocenters. The first-order valence-electron chi connectivity index (χ1n) is 3.75. The summed E-state index contributed by atoms with van der Waals surface area (Å²) in [5.41, 5.74) is 1.23. The molecule has 68 valence electrons. The molecule has 0 radical (unpaired) electrons. The van der Waals surface area contributed by atoms with E-state index in [9.17, 15) is 0 Å². The molecule has 4 nitrogen and oxygen atoms in total. The molecule has 0 aliphatic heterocycles. The van der Waals surface area contributed by atoms with Crippen LogP contribution in [0.15, 0.2) is 24.9 Å². The Morgan fingerprint density at radius 2 is 2.31 bits per heavy atom. The number of allylic oxidation sites excluding steroid dienone is 1. The van der Waals surface area contributed by atoms with Gasteiger partial charge in [0.05, 0.1) is 0 Å². The molecular formula is C8H10BNO3. The average Bonchev–Trinajstić information content (AvgIpc) is 2.03. The lowest BCUT2D eigenvalue weighted by Gasteiger charge is -2.08. The van der Waals surface area contributed by atoms with Gasteiger partial charge >= 0.3 is 7.32 Å². The highest BCUT2D eigenvalue weighted by molar-refractivity contribution is 6.33. The molecule has 5 heteroatoms. The summed E-state index contributed by atoms with van der Waals surface area (Å²) >= 11 is 0. The maximum atomic E-state index is 8.59. The zero-order valence-corrected chi connectivity index (χ0v) is 7.27. The van der Waals surface area contributed by atoms with E-state index in [-0.39, 0.29) is 0 Å². The number of pyridine rings is 1. The molecule has 1 heterocycles. The van der Waals surface area contributed by atoms with Gasteiger partial charge in [-0.15, -0.1) is 0 Å². The first-order chi connectivity index (χ1) is 6.11. The molecule has 0 saturated carbocycles. The van der Waals surface area contributed by atoms with Crippen LogP contribution in [0.3, 0.4) is 0 Å². The van der Waals surface area contributed by atoms with Gasteiger partial charge in [-0.3, -0.25) is 4.98 Å². The summed E-state index contributed by atoms with van der Waals surface area (Å²) in [5.74, 6) is 0.310. The molecule has 0 aromatic carbocycles. The molecule has 0 aliphatic carbocycles. The van der Waals surface area contributed by atoms with E-state index in [0.717, 1.165) is 0 Å². The van der Waals surface area contributed by atoms with Crippen LogP contribution in [-0.4, -0.2) is 22.4 Å². The van der Waals surface area contributed by atoms with Crippen LogP contribution in [0.2, 0.25) is 0 Å². The molecular weight excluding hydrogens is 169 g/mol. The average molecular weight is 179 g/mol. The van der Waals surface area contributed by atoms with Crippen molar-refractivity contribution in [1.29, 1.82) is 0 Å². The summed E-state index contributed by atoms with van der Waals surface area (Å²) in [6.07, 6.45) is 1.58. The van der Waals surface area contributed by atoms with Gasteiger partial charge in [0.15, 0.2) is 0 Å². The van der Waals surface area contributed by atoms with Crippen LogP contribution in [0.25, 0.3) is 5.57 Å². The van der Waals surface area contributed by atoms with Crippen molar-refractivity contribution in [3.05, 3.63) is 30.6 Å². The highest BCUT2D eigenvalue weighted by Crippen LogP contribution is 2.21. The second-order valence-corrected chi connectivity index (χ2v) is 2.57. The van der Waals surface area contributed by atoms with E-state index in [1.54, 1.807) is 25.3 Å². The van der Waals surface area contributed by atoms with Gasteiger partial charge in [0.25, 0.3) is 0 Å². The van der Waals surface area contributed by atoms with Gasteiger partial charge in [-0.25, -0.2) is 0 Å². The second-order valence-electron chi connectivity index (χ2n) is 2.57. The van der Waals surface area contributed by atoms with Gasteiger partial charge in [0.1, 0.15) is 11.4 Å². The van der Waals surface area contributed by atoms with E-state index >= 15 is 0 Å². The van der Waals surface area contributed by atoms with Crippen molar-refractivity contribution in [1.82, 2.24) is 4.98 Å². The fourth-order valence-corrected chi connectivity index (χ4v) is 0.920. The summed E-state index contributed by atoms with van der Waals surface area (Å²) < 4.78 is 4.69. The fourth-order valence-electron chi connectivity index (χ4n) is 0.920. The Kier molecular flexibility index (Phi) is 3.05. The van der Waals surface area contributed by atoms with E-state index in [2.05, 4.69) is 11.6 Å². The third kappa shape index (κ3) is 2.57. The lowest BCUT2D eigenvalue weighted by molar-refractivity contribution is 0.287. The number of nitrogens with zero attached hydrogens (tertiary/aromatic N) is 1. The minimum atomic E-state index is -1.83. The summed E-state index contributed by atoms with van der Waals surface area (Å²) in [6, 6.07) is 3.24. The molecule has 0 spiro atoms. The normalized spacial score (nSPS) is 9.46. The quantitative estimate of drug-likeness (QED) is 0.661. The molecule has 0 fully saturated rings. The van der Waals surface area contributed by atoms with Gasteiger partial charge in [-0.2, -0.15) is 0 Å². The Labute approximate surface area is 76.7 Å². The zero-order chi connectivity index (χ0) is 9.84. The Bertz CT molecular complexity index is 314. The van der Waals surface area contributed by atoms with E-state index in [4.69, 9.17) is 14.7 Å². The largest absolute Gasteiger partial charge is 0.707 e. The van der Waals surface area contributed by atoms with E-state index in [1.165, 1.54) is 0 Å². The Morgan fingerprint density at radius 1 is 1.62 bits per heavy atom. The lowest BCUT2D eigenvalue weighted by atomic mass is 10.2. The molecule has 0 atom stereocenters. The monoisotopic (exact) mass is 179 g/mol. The first kappa shape index (κ1) is 9.76. The van der Waals surface area contributed by atoms with Crippen molar-refractivity contribution in [2.45, 2.75) is 6.92 Å². The van der Waals surface area contributed by atoms with E-state index in [1.807, 2.05) is 0 Å². The first-order valence-corrected chi connectivity index (χ1v) is 3.75. The minimum Gasteiger partial charge on any atom is -0.510 e. The number of rotatable bonds is 3. The topological polar surface area (TPSA) is 62.6 Å². The third-order valence-electron chi connectivity index (χ3n) is 1.41. The van der Waals surface area contributed by atoms with Crippen molar-refractivity contribution in [3.63, 3.8) is 0 Å². The van der Waals surface area contributed by atoms with Crippen molar-refractivity contribution >= 4 is 12.9 Å². The Morgan fingerprint density at radius 3 is 2.85 bits per heavy atom. The van der Waals surface area contributed by atoms with Gasteiger partial charge in [0, 0.05) is 6.20 Å². The molecule has 1 aromatic heterocycles. The van der Waals surface area contributed by atoms with Gasteiger partial charge in [0.2, 0.25) is 0 Å². The molecule has 13 heavy (non-hydrogen) atoms. The predicted molar refractivity (Wildman–Crippen MR) is 49.8 cm³/mol. The predicted octanol–water partition coefficient (Wildman–Crippen LogP) is 0.463. The molecule has 2 N–H and O–H groups in total. The molecule has 0 aliphatic rings. The Balaban J connectivity index is 2.98. The highest BCUT2D eigenvalue weighted by atomic mass is 16.6. The number of hydrogen-bond acceptors (Lipinski definition) is 4. The van der Waals surface area contributed by atoms with E-state index in [0.29, 0.717) is 17.0 Å². The molecule has 1 aromatic rings. The summed E-state index contributed by atoms with van der Waals surface area (Å²) in [4.78, 5) is 3.98. The van der Waals surface area contributed by atoms with E-state index < -0.39 is 7.32 Å². The van der Waals surface area contributed by atoms with Gasteiger partial charge in [-0.05, 0) is 24.6 Å². The number of aromatic nitrogens is 1. The standard InChI is InChI=1S/C8H10BNO3/c1-6(2)8-7(13-9(11)12)4-3-5-10-8/h3-5,11-12H,1H2,2H3. The van der Waals surface area contributed by atoms with Crippen LogP contribution in [0.1, 0.15) is 12.6 Å². The maximum absolute atomic E-state index is 8.59. The maximum Gasteiger partial charge on any atom is 0.707 e. The SMILES string of the molecule is C=C(C)c1ncccc1OB(O)O. The molecule has 0 saturated heterocycles. The van der Waals surface area contributed by atoms with Crippen molar-refractivity contribution in [2.75, 3.05) is 0 Å². The van der Waals surface area contributed by atoms with Crippen LogP contribution in [0, 0.1) is 0 Å². The summed E-state index contributed by atoms with van der Waals surface area (Å²) in [6.45, 7) is 5.45. The third-order valence-corrected chi connectivity index (χ3v) is 1.41. The minimum absolute atomic E-state index is 0.310. The molecule has 1 rings (SSSR count). The highest BCUT2D eigenvalue weighted by Gasteiger charge is 2.14. The van der Waals surface area contributed by atoms with Crippen LogP contribution >= 0.6 is 0 Å². The second kappa shape index (κ2) is 4.07. The fraction of sp³-hybridized carbons (Fsp3) is 0.125. The zero-order valence-electron chi connectivity index (χ0n) is 7.27. The van der Waals surface area contributed by atoms with Crippen molar-refractivity contribution in [3.8, 4) is 5.75 Å². The lowest BCUT2D eigenvalue weighted by Crippen LogP contribution is -2.21. The van der Waals surface area contributed by atoms with Crippen LogP contribution in [0.4, 0.5) is 0 Å². The molecule has 0 amide bonds. The van der Waals surface area contributed by atoms with Gasteiger partial charge < -0.3 is 14.7 Å². The van der Waals surface area contributed by atoms with Crippen LogP contribution in [0.5, 0.6) is 5.75 Å². The van der Waals surface area contributed by atoms with Crippen LogP contribution < -0.4 is 4.65 Å².